The molecule has 0 rings (SSSR count). The van der Waals surface area contributed by atoms with Crippen LogP contribution in [0.25, 0.3) is 0 Å². The molecule has 0 aliphatic rings. The van der Waals surface area contributed by atoms with Crippen molar-refractivity contribution in [3.63, 3.8) is 0 Å². The Kier molecular flexibility index (Phi) is 5.23. The number of Topliss-reactive ketones (excluding diaryl/α,β-unsaturated/α-hetero) is 1. The first-order chi connectivity index (χ1) is 5.87. The maximum absolute atomic E-state index is 11.5. The summed E-state index contributed by atoms with van der Waals surface area (Å²) in [6, 6.07) is 0. The van der Waals surface area contributed by atoms with Crippen molar-refractivity contribution >= 4 is 5.78 Å². The molecule has 0 saturated carbocycles. The van der Waals surface area contributed by atoms with Crippen LogP contribution >= 0.6 is 0 Å². The summed E-state index contributed by atoms with van der Waals surface area (Å²) in [5.41, 5.74) is -0.207. The van der Waals surface area contributed by atoms with E-state index in [0.29, 0.717) is 0 Å². The van der Waals surface area contributed by atoms with E-state index in [9.17, 15) is 4.79 Å². The van der Waals surface area contributed by atoms with E-state index in [2.05, 4.69) is 6.92 Å². The molecule has 1 atom stereocenters. The van der Waals surface area contributed by atoms with Gasteiger partial charge in [-0.15, -0.1) is 0 Å². The van der Waals surface area contributed by atoms with Gasteiger partial charge in [-0.25, -0.2) is 0 Å². The van der Waals surface area contributed by atoms with Crippen molar-refractivity contribution in [1.29, 1.82) is 0 Å². The molecule has 0 aliphatic carbocycles. The fourth-order valence-corrected chi connectivity index (χ4v) is 1.02. The van der Waals surface area contributed by atoms with E-state index in [1.807, 2.05) is 27.7 Å². The predicted octanol–water partition coefficient (Wildman–Crippen LogP) is 2.81. The largest absolute Gasteiger partial charge is 0.368 e. The molecule has 0 saturated heterocycles. The SMILES string of the molecule is CCCC(C)C(=O)COC(C)(C)C. The van der Waals surface area contributed by atoms with E-state index in [0.717, 1.165) is 12.8 Å². The van der Waals surface area contributed by atoms with Crippen LogP contribution in [0.15, 0.2) is 0 Å². The van der Waals surface area contributed by atoms with Crippen molar-refractivity contribution in [2.45, 2.75) is 53.1 Å². The second-order valence-electron chi connectivity index (χ2n) is 4.56. The summed E-state index contributed by atoms with van der Waals surface area (Å²) in [6.07, 6.45) is 2.02. The van der Waals surface area contributed by atoms with Crippen LogP contribution in [0.3, 0.4) is 0 Å². The topological polar surface area (TPSA) is 26.3 Å². The van der Waals surface area contributed by atoms with Crippen molar-refractivity contribution in [3.05, 3.63) is 0 Å². The predicted molar refractivity (Wildman–Crippen MR) is 54.8 cm³/mol. The zero-order valence-electron chi connectivity index (χ0n) is 9.52. The molecule has 0 heterocycles. The molecule has 0 radical (unpaired) electrons. The van der Waals surface area contributed by atoms with Gasteiger partial charge in [0.2, 0.25) is 0 Å². The minimum atomic E-state index is -0.207. The monoisotopic (exact) mass is 186 g/mol. The number of hydrogen-bond donors (Lipinski definition) is 0. The van der Waals surface area contributed by atoms with Crippen molar-refractivity contribution in [2.75, 3.05) is 6.61 Å². The number of ketones is 1. The van der Waals surface area contributed by atoms with Gasteiger partial charge in [0.05, 0.1) is 5.60 Å². The molecule has 0 bridgehead atoms. The molecule has 0 spiro atoms. The van der Waals surface area contributed by atoms with Crippen LogP contribution in [0.1, 0.15) is 47.5 Å². The zero-order valence-corrected chi connectivity index (χ0v) is 9.52. The highest BCUT2D eigenvalue weighted by Crippen LogP contribution is 2.10. The van der Waals surface area contributed by atoms with Crippen LogP contribution in [0, 0.1) is 5.92 Å². The number of hydrogen-bond acceptors (Lipinski definition) is 2. The highest BCUT2D eigenvalue weighted by Gasteiger charge is 2.16. The third-order valence-electron chi connectivity index (χ3n) is 1.92. The van der Waals surface area contributed by atoms with Crippen molar-refractivity contribution in [1.82, 2.24) is 0 Å². The van der Waals surface area contributed by atoms with Crippen molar-refractivity contribution in [3.8, 4) is 0 Å². The third kappa shape index (κ3) is 6.76. The molecule has 13 heavy (non-hydrogen) atoms. The Morgan fingerprint density at radius 3 is 2.31 bits per heavy atom. The average molecular weight is 186 g/mol. The van der Waals surface area contributed by atoms with Crippen LogP contribution in [0.5, 0.6) is 0 Å². The van der Waals surface area contributed by atoms with E-state index in [1.165, 1.54) is 0 Å². The number of carbonyl (C=O) groups is 1. The molecule has 0 aromatic carbocycles. The van der Waals surface area contributed by atoms with Crippen molar-refractivity contribution in [2.24, 2.45) is 5.92 Å². The average Bonchev–Trinajstić information content (AvgIpc) is 1.99. The Hall–Kier alpha value is -0.370. The minimum Gasteiger partial charge on any atom is -0.368 e. The van der Waals surface area contributed by atoms with Gasteiger partial charge in [0.1, 0.15) is 6.61 Å². The molecule has 0 aliphatic heterocycles. The van der Waals surface area contributed by atoms with Gasteiger partial charge >= 0.3 is 0 Å². The standard InChI is InChI=1S/C11H22O2/c1-6-7-9(2)10(12)8-13-11(3,4)5/h9H,6-8H2,1-5H3. The Labute approximate surface area is 81.7 Å². The maximum atomic E-state index is 11.5. The summed E-state index contributed by atoms with van der Waals surface area (Å²) in [7, 11) is 0. The first-order valence-corrected chi connectivity index (χ1v) is 5.03. The lowest BCUT2D eigenvalue weighted by Crippen LogP contribution is -2.26. The highest BCUT2D eigenvalue weighted by molar-refractivity contribution is 5.81. The lowest BCUT2D eigenvalue weighted by Gasteiger charge is -2.20. The third-order valence-corrected chi connectivity index (χ3v) is 1.92. The molecule has 2 heteroatoms. The molecule has 0 aromatic rings. The molecular weight excluding hydrogens is 164 g/mol. The molecule has 1 unspecified atom stereocenters. The van der Waals surface area contributed by atoms with Gasteiger partial charge in [0.25, 0.3) is 0 Å². The summed E-state index contributed by atoms with van der Waals surface area (Å²) >= 11 is 0. The second kappa shape index (κ2) is 5.38. The highest BCUT2D eigenvalue weighted by atomic mass is 16.5. The van der Waals surface area contributed by atoms with Gasteiger partial charge in [-0.3, -0.25) is 4.79 Å². The summed E-state index contributed by atoms with van der Waals surface area (Å²) in [4.78, 5) is 11.5. The lowest BCUT2D eigenvalue weighted by atomic mass is 10.0. The summed E-state index contributed by atoms with van der Waals surface area (Å²) in [5, 5.41) is 0. The fourth-order valence-electron chi connectivity index (χ4n) is 1.02. The van der Waals surface area contributed by atoms with Gasteiger partial charge in [-0.05, 0) is 27.2 Å². The van der Waals surface area contributed by atoms with Crippen LogP contribution in [0.4, 0.5) is 0 Å². The molecular formula is C11H22O2. The number of ether oxygens (including phenoxy) is 1. The van der Waals surface area contributed by atoms with Crippen LogP contribution < -0.4 is 0 Å². The molecule has 2 nitrogen and oxygen atoms in total. The first-order valence-electron chi connectivity index (χ1n) is 5.03. The Bertz CT molecular complexity index is 156. The second-order valence-corrected chi connectivity index (χ2v) is 4.56. The van der Waals surface area contributed by atoms with Gasteiger partial charge in [-0.2, -0.15) is 0 Å². The molecule has 78 valence electrons. The lowest BCUT2D eigenvalue weighted by molar-refractivity contribution is -0.132. The molecule has 0 N–H and O–H groups in total. The van der Waals surface area contributed by atoms with Gasteiger partial charge in [0.15, 0.2) is 5.78 Å². The zero-order chi connectivity index (χ0) is 10.5. The first kappa shape index (κ1) is 12.6. The maximum Gasteiger partial charge on any atom is 0.161 e. The van der Waals surface area contributed by atoms with Gasteiger partial charge in [0, 0.05) is 5.92 Å². The van der Waals surface area contributed by atoms with E-state index in [1.54, 1.807) is 0 Å². The summed E-state index contributed by atoms with van der Waals surface area (Å²) < 4.78 is 5.41. The minimum absolute atomic E-state index is 0.146. The normalized spacial score (nSPS) is 14.2. The number of carbonyl (C=O) groups excluding carboxylic acids is 1. The van der Waals surface area contributed by atoms with E-state index in [4.69, 9.17) is 4.74 Å². The summed E-state index contributed by atoms with van der Waals surface area (Å²) in [6.45, 7) is 10.2. The van der Waals surface area contributed by atoms with E-state index < -0.39 is 0 Å². The van der Waals surface area contributed by atoms with E-state index >= 15 is 0 Å². The fraction of sp³-hybridized carbons (Fsp3) is 0.909. The van der Waals surface area contributed by atoms with Crippen LogP contribution in [0.2, 0.25) is 0 Å². The Balaban J connectivity index is 3.74. The number of rotatable bonds is 5. The molecule has 0 amide bonds. The van der Waals surface area contributed by atoms with Gasteiger partial charge in [-0.1, -0.05) is 20.3 Å². The Morgan fingerprint density at radius 2 is 1.92 bits per heavy atom. The molecule has 0 aromatic heterocycles. The van der Waals surface area contributed by atoms with Gasteiger partial charge < -0.3 is 4.74 Å². The quantitative estimate of drug-likeness (QED) is 0.660. The Morgan fingerprint density at radius 1 is 1.38 bits per heavy atom. The smallest absolute Gasteiger partial charge is 0.161 e. The van der Waals surface area contributed by atoms with Crippen LogP contribution in [-0.4, -0.2) is 18.0 Å². The molecule has 0 fully saturated rings. The van der Waals surface area contributed by atoms with E-state index in [-0.39, 0.29) is 23.9 Å². The van der Waals surface area contributed by atoms with Crippen molar-refractivity contribution < 1.29 is 9.53 Å². The summed E-state index contributed by atoms with van der Waals surface area (Å²) in [5.74, 6) is 0.365. The van der Waals surface area contributed by atoms with Crippen LogP contribution in [-0.2, 0) is 9.53 Å².